The maximum absolute atomic E-state index is 10.0. The predicted octanol–water partition coefficient (Wildman–Crippen LogP) is 3.54. The summed E-state index contributed by atoms with van der Waals surface area (Å²) in [6.07, 6.45) is 1.08. The number of hydrogen-bond donors (Lipinski definition) is 1. The molecular weight excluding hydrogens is 236 g/mol. The summed E-state index contributed by atoms with van der Waals surface area (Å²) in [7, 11) is 1.67. The second-order valence-electron chi connectivity index (χ2n) is 6.48. The Kier molecular flexibility index (Phi) is 5.57. The third-order valence-corrected chi connectivity index (χ3v) is 3.66. The molecule has 19 heavy (non-hydrogen) atoms. The molecule has 0 aliphatic heterocycles. The molecule has 1 aromatic rings. The fourth-order valence-corrected chi connectivity index (χ4v) is 2.34. The summed E-state index contributed by atoms with van der Waals surface area (Å²) >= 11 is 0. The van der Waals surface area contributed by atoms with Crippen LogP contribution in [0.1, 0.15) is 49.4 Å². The summed E-state index contributed by atoms with van der Waals surface area (Å²) in [6.45, 7) is 11.6. The molecule has 0 amide bonds. The lowest BCUT2D eigenvalue weighted by molar-refractivity contribution is 0.110. The highest BCUT2D eigenvalue weighted by Crippen LogP contribution is 2.27. The van der Waals surface area contributed by atoms with Crippen LogP contribution in [0.5, 0.6) is 0 Å². The van der Waals surface area contributed by atoms with Crippen LogP contribution in [-0.4, -0.2) is 24.9 Å². The molecule has 1 aromatic carbocycles. The van der Waals surface area contributed by atoms with Gasteiger partial charge in [-0.25, -0.2) is 0 Å². The zero-order valence-corrected chi connectivity index (χ0v) is 13.2. The minimum Gasteiger partial charge on any atom is -0.393 e. The summed E-state index contributed by atoms with van der Waals surface area (Å²) in [5, 5.41) is 10.0. The van der Waals surface area contributed by atoms with Gasteiger partial charge >= 0.3 is 0 Å². The average molecular weight is 264 g/mol. The van der Waals surface area contributed by atoms with E-state index in [4.69, 9.17) is 4.74 Å². The van der Waals surface area contributed by atoms with Crippen LogP contribution in [-0.2, 0) is 16.6 Å². The first-order valence-corrected chi connectivity index (χ1v) is 7.03. The number of aliphatic hydroxyl groups excluding tert-OH is 1. The summed E-state index contributed by atoms with van der Waals surface area (Å²) in [6, 6.07) is 4.51. The van der Waals surface area contributed by atoms with Crippen molar-refractivity contribution in [3.8, 4) is 0 Å². The number of benzene rings is 1. The van der Waals surface area contributed by atoms with Gasteiger partial charge in [-0.2, -0.15) is 0 Å². The van der Waals surface area contributed by atoms with Crippen LogP contribution in [0.3, 0.4) is 0 Å². The highest BCUT2D eigenvalue weighted by atomic mass is 16.5. The Bertz CT molecular complexity index is 393. The molecule has 0 spiro atoms. The van der Waals surface area contributed by atoms with Crippen molar-refractivity contribution < 1.29 is 9.84 Å². The number of aliphatic hydroxyl groups is 1. The molecule has 1 N–H and O–H groups in total. The van der Waals surface area contributed by atoms with Gasteiger partial charge in [0.2, 0.25) is 0 Å². The first-order chi connectivity index (χ1) is 8.75. The molecule has 0 aliphatic rings. The van der Waals surface area contributed by atoms with E-state index < -0.39 is 0 Å². The van der Waals surface area contributed by atoms with Crippen molar-refractivity contribution in [1.82, 2.24) is 0 Å². The second-order valence-corrected chi connectivity index (χ2v) is 6.48. The van der Waals surface area contributed by atoms with Crippen LogP contribution >= 0.6 is 0 Å². The fraction of sp³-hybridized carbons (Fsp3) is 0.647. The molecule has 0 radical (unpaired) electrons. The molecule has 2 nitrogen and oxygen atoms in total. The van der Waals surface area contributed by atoms with Gasteiger partial charge in [-0.15, -0.1) is 0 Å². The SMILES string of the molecule is COCCC(O)Cc1c(C)cc(C(C)(C)C)cc1C. The zero-order chi connectivity index (χ0) is 14.6. The van der Waals surface area contributed by atoms with Crippen LogP contribution in [0.2, 0.25) is 0 Å². The van der Waals surface area contributed by atoms with Crippen LogP contribution in [0.15, 0.2) is 12.1 Å². The van der Waals surface area contributed by atoms with Gasteiger partial charge in [0.25, 0.3) is 0 Å². The minimum absolute atomic E-state index is 0.169. The molecular formula is C17H28O2. The van der Waals surface area contributed by atoms with Crippen molar-refractivity contribution in [2.75, 3.05) is 13.7 Å². The highest BCUT2D eigenvalue weighted by Gasteiger charge is 2.17. The first kappa shape index (κ1) is 16.2. The Morgan fingerprint density at radius 1 is 1.16 bits per heavy atom. The lowest BCUT2D eigenvalue weighted by Crippen LogP contribution is -2.17. The molecule has 0 saturated carbocycles. The molecule has 2 heteroatoms. The molecule has 108 valence electrons. The van der Waals surface area contributed by atoms with Crippen molar-refractivity contribution in [2.45, 2.75) is 59.0 Å². The summed E-state index contributed by atoms with van der Waals surface area (Å²) in [4.78, 5) is 0. The maximum atomic E-state index is 10.0. The minimum atomic E-state index is -0.321. The van der Waals surface area contributed by atoms with Crippen LogP contribution in [0.25, 0.3) is 0 Å². The largest absolute Gasteiger partial charge is 0.393 e. The lowest BCUT2D eigenvalue weighted by Gasteiger charge is -2.23. The predicted molar refractivity (Wildman–Crippen MR) is 80.8 cm³/mol. The van der Waals surface area contributed by atoms with Crippen LogP contribution < -0.4 is 0 Å². The van der Waals surface area contributed by atoms with Crippen molar-refractivity contribution >= 4 is 0 Å². The van der Waals surface area contributed by atoms with Crippen LogP contribution in [0, 0.1) is 13.8 Å². The second kappa shape index (κ2) is 6.53. The van der Waals surface area contributed by atoms with Gasteiger partial charge in [0.05, 0.1) is 6.10 Å². The Hall–Kier alpha value is -0.860. The molecule has 1 rings (SSSR count). The molecule has 0 fully saturated rings. The van der Waals surface area contributed by atoms with Crippen molar-refractivity contribution in [3.05, 3.63) is 34.4 Å². The van der Waals surface area contributed by atoms with E-state index >= 15 is 0 Å². The van der Waals surface area contributed by atoms with E-state index in [0.717, 1.165) is 0 Å². The molecule has 0 heterocycles. The van der Waals surface area contributed by atoms with E-state index in [9.17, 15) is 5.11 Å². The van der Waals surface area contributed by atoms with Gasteiger partial charge in [0.15, 0.2) is 0 Å². The van der Waals surface area contributed by atoms with Gasteiger partial charge < -0.3 is 9.84 Å². The van der Waals surface area contributed by atoms with Crippen molar-refractivity contribution in [2.24, 2.45) is 0 Å². The van der Waals surface area contributed by atoms with Crippen molar-refractivity contribution in [3.63, 3.8) is 0 Å². The van der Waals surface area contributed by atoms with E-state index in [-0.39, 0.29) is 11.5 Å². The third-order valence-electron chi connectivity index (χ3n) is 3.66. The third kappa shape index (κ3) is 4.63. The Labute approximate surface area is 117 Å². The van der Waals surface area contributed by atoms with E-state index in [1.807, 2.05) is 0 Å². The zero-order valence-electron chi connectivity index (χ0n) is 13.2. The molecule has 1 unspecified atom stereocenters. The maximum Gasteiger partial charge on any atom is 0.0602 e. The van der Waals surface area contributed by atoms with Crippen molar-refractivity contribution in [1.29, 1.82) is 0 Å². The monoisotopic (exact) mass is 264 g/mol. The average Bonchev–Trinajstić information content (AvgIpc) is 2.29. The summed E-state index contributed by atoms with van der Waals surface area (Å²) in [5.74, 6) is 0. The first-order valence-electron chi connectivity index (χ1n) is 7.03. The Morgan fingerprint density at radius 2 is 1.68 bits per heavy atom. The van der Waals surface area contributed by atoms with Gasteiger partial charge in [-0.1, -0.05) is 32.9 Å². The quantitative estimate of drug-likeness (QED) is 0.881. The smallest absolute Gasteiger partial charge is 0.0602 e. The molecule has 0 aromatic heterocycles. The van der Waals surface area contributed by atoms with E-state index in [1.54, 1.807) is 7.11 Å². The van der Waals surface area contributed by atoms with E-state index in [2.05, 4.69) is 46.8 Å². The molecule has 1 atom stereocenters. The highest BCUT2D eigenvalue weighted by molar-refractivity contribution is 5.40. The Morgan fingerprint density at radius 3 is 2.11 bits per heavy atom. The normalized spacial score (nSPS) is 13.6. The summed E-state index contributed by atoms with van der Waals surface area (Å²) in [5.41, 5.74) is 5.36. The molecule has 0 aliphatic carbocycles. The topological polar surface area (TPSA) is 29.5 Å². The molecule has 0 bridgehead atoms. The number of aryl methyl sites for hydroxylation is 2. The standard InChI is InChI=1S/C17H28O2/c1-12-9-14(17(3,4)5)10-13(2)16(12)11-15(18)7-8-19-6/h9-10,15,18H,7-8,11H2,1-6H3. The van der Waals surface area contributed by atoms with E-state index in [0.29, 0.717) is 19.4 Å². The van der Waals surface area contributed by atoms with Crippen LogP contribution in [0.4, 0.5) is 0 Å². The fourth-order valence-electron chi connectivity index (χ4n) is 2.34. The Balaban J connectivity index is 2.92. The van der Waals surface area contributed by atoms with E-state index in [1.165, 1.54) is 22.3 Å². The number of methoxy groups -OCH3 is 1. The van der Waals surface area contributed by atoms with Gasteiger partial charge in [0.1, 0.15) is 0 Å². The van der Waals surface area contributed by atoms with Gasteiger partial charge in [-0.05, 0) is 54.4 Å². The lowest BCUT2D eigenvalue weighted by atomic mass is 9.83. The van der Waals surface area contributed by atoms with Gasteiger partial charge in [0, 0.05) is 13.7 Å². The van der Waals surface area contributed by atoms with Gasteiger partial charge in [-0.3, -0.25) is 0 Å². The number of rotatable bonds is 5. The number of ether oxygens (including phenoxy) is 1. The summed E-state index contributed by atoms with van der Waals surface area (Å²) < 4.78 is 5.01. The number of hydrogen-bond acceptors (Lipinski definition) is 2. The molecule has 0 saturated heterocycles.